The number of nitrogens with one attached hydrogen (secondary N) is 1. The van der Waals surface area contributed by atoms with Crippen LogP contribution in [-0.2, 0) is 15.0 Å². The Morgan fingerprint density at radius 1 is 1.03 bits per heavy atom. The smallest absolute Gasteiger partial charge is 0.282 e. The van der Waals surface area contributed by atoms with Crippen LogP contribution >= 0.6 is 0 Å². The molecule has 1 atom stereocenters. The van der Waals surface area contributed by atoms with Crippen LogP contribution in [0, 0.1) is 0 Å². The van der Waals surface area contributed by atoms with Crippen LogP contribution in [0.1, 0.15) is 56.3 Å². The van der Waals surface area contributed by atoms with Crippen molar-refractivity contribution in [3.05, 3.63) is 29.8 Å². The van der Waals surface area contributed by atoms with Crippen LogP contribution in [0.15, 0.2) is 24.3 Å². The second-order valence-corrected chi connectivity index (χ2v) is 10.5. The molecular weight excluding hydrogens is 416 g/mol. The molecule has 1 aliphatic carbocycles. The van der Waals surface area contributed by atoms with Gasteiger partial charge in [-0.3, -0.25) is 14.5 Å². The lowest BCUT2D eigenvalue weighted by atomic mass is 9.96. The summed E-state index contributed by atoms with van der Waals surface area (Å²) in [5.74, 6) is -0.167. The lowest BCUT2D eigenvalue weighted by molar-refractivity contribution is -0.121. The minimum Gasteiger partial charge on any atom is -0.325 e. The molecule has 2 aliphatic rings. The van der Waals surface area contributed by atoms with Crippen molar-refractivity contribution in [2.75, 3.05) is 38.5 Å². The third-order valence-electron chi connectivity index (χ3n) is 6.54. The molecule has 1 heterocycles. The minimum atomic E-state index is -3.48. The summed E-state index contributed by atoms with van der Waals surface area (Å²) in [5, 5.41) is 2.88. The maximum absolute atomic E-state index is 13.0. The Labute approximate surface area is 185 Å². The summed E-state index contributed by atoms with van der Waals surface area (Å²) in [5.41, 5.74) is 1.23. The van der Waals surface area contributed by atoms with Gasteiger partial charge in [-0.05, 0) is 51.0 Å². The summed E-state index contributed by atoms with van der Waals surface area (Å²) in [6, 6.07) is 6.52. The van der Waals surface area contributed by atoms with E-state index in [1.165, 1.54) is 13.3 Å². The van der Waals surface area contributed by atoms with E-state index in [1.807, 2.05) is 11.8 Å². The lowest BCUT2D eigenvalue weighted by Crippen LogP contribution is -2.57. The summed E-state index contributed by atoms with van der Waals surface area (Å²) in [7, 11) is -1.78. The van der Waals surface area contributed by atoms with E-state index in [2.05, 4.69) is 5.32 Å². The molecule has 1 aromatic rings. The molecule has 0 radical (unpaired) electrons. The van der Waals surface area contributed by atoms with E-state index in [0.29, 0.717) is 37.4 Å². The fourth-order valence-corrected chi connectivity index (χ4v) is 5.91. The summed E-state index contributed by atoms with van der Waals surface area (Å²) >= 11 is 0. The predicted octanol–water partition coefficient (Wildman–Crippen LogP) is 2.34. The molecule has 8 nitrogen and oxygen atoms in total. The van der Waals surface area contributed by atoms with E-state index < -0.39 is 10.2 Å². The van der Waals surface area contributed by atoms with Crippen LogP contribution < -0.4 is 5.32 Å². The molecule has 1 N–H and O–H groups in total. The molecule has 1 saturated carbocycles. The van der Waals surface area contributed by atoms with E-state index in [1.54, 1.807) is 39.9 Å². The number of benzene rings is 1. The molecule has 1 aliphatic heterocycles. The monoisotopic (exact) mass is 450 g/mol. The number of carbonyl (C=O) groups is 2. The average Bonchev–Trinajstić information content (AvgIpc) is 2.79. The van der Waals surface area contributed by atoms with Crippen molar-refractivity contribution >= 4 is 27.6 Å². The van der Waals surface area contributed by atoms with Gasteiger partial charge in [-0.15, -0.1) is 0 Å². The Hall–Kier alpha value is -1.81. The normalized spacial score (nSPS) is 20.5. The number of carbonyl (C=O) groups excluding carboxylic acids is 2. The molecule has 2 fully saturated rings. The molecule has 0 aromatic heterocycles. The number of nitrogens with zero attached hydrogens (tertiary/aromatic N) is 3. The van der Waals surface area contributed by atoms with Crippen molar-refractivity contribution in [3.8, 4) is 0 Å². The summed E-state index contributed by atoms with van der Waals surface area (Å²) in [6.07, 6.45) is 5.22. The van der Waals surface area contributed by atoms with E-state index in [9.17, 15) is 18.0 Å². The molecule has 1 aromatic carbocycles. The first-order chi connectivity index (χ1) is 14.7. The van der Waals surface area contributed by atoms with Crippen molar-refractivity contribution < 1.29 is 18.0 Å². The zero-order valence-corrected chi connectivity index (χ0v) is 19.5. The van der Waals surface area contributed by atoms with Gasteiger partial charge in [0, 0.05) is 50.5 Å². The van der Waals surface area contributed by atoms with Gasteiger partial charge >= 0.3 is 0 Å². The number of hydrogen-bond donors (Lipinski definition) is 1. The van der Waals surface area contributed by atoms with Crippen molar-refractivity contribution in [2.24, 2.45) is 0 Å². The van der Waals surface area contributed by atoms with Crippen LogP contribution in [0.3, 0.4) is 0 Å². The van der Waals surface area contributed by atoms with Crippen LogP contribution in [0.25, 0.3) is 0 Å². The molecule has 31 heavy (non-hydrogen) atoms. The largest absolute Gasteiger partial charge is 0.325 e. The number of piperazine rings is 1. The Morgan fingerprint density at radius 2 is 1.61 bits per heavy atom. The van der Waals surface area contributed by atoms with Crippen molar-refractivity contribution in [3.63, 3.8) is 0 Å². The number of hydrogen-bond acceptors (Lipinski definition) is 5. The molecule has 3 rings (SSSR count). The Balaban J connectivity index is 1.53. The zero-order chi connectivity index (χ0) is 22.6. The Kier molecular flexibility index (Phi) is 7.85. The third-order valence-corrected chi connectivity index (χ3v) is 8.58. The van der Waals surface area contributed by atoms with Crippen LogP contribution in [-0.4, -0.2) is 78.9 Å². The number of amides is 1. The summed E-state index contributed by atoms with van der Waals surface area (Å²) < 4.78 is 29.2. The van der Waals surface area contributed by atoms with Gasteiger partial charge in [0.25, 0.3) is 10.2 Å². The Bertz CT molecular complexity index is 873. The van der Waals surface area contributed by atoms with Gasteiger partial charge in [-0.25, -0.2) is 0 Å². The molecular formula is C22H34N4O4S. The van der Waals surface area contributed by atoms with Crippen LogP contribution in [0.5, 0.6) is 0 Å². The van der Waals surface area contributed by atoms with E-state index in [4.69, 9.17) is 0 Å². The molecule has 0 bridgehead atoms. The second kappa shape index (κ2) is 10.2. The predicted molar refractivity (Wildman–Crippen MR) is 121 cm³/mol. The molecule has 9 heteroatoms. The van der Waals surface area contributed by atoms with Gasteiger partial charge < -0.3 is 5.32 Å². The molecule has 1 saturated heterocycles. The highest BCUT2D eigenvalue weighted by atomic mass is 32.2. The maximum atomic E-state index is 13.0. The first-order valence-corrected chi connectivity index (χ1v) is 12.5. The average molecular weight is 451 g/mol. The van der Waals surface area contributed by atoms with Crippen molar-refractivity contribution in [2.45, 2.75) is 58.0 Å². The summed E-state index contributed by atoms with van der Waals surface area (Å²) in [6.45, 7) is 5.11. The Morgan fingerprint density at radius 3 is 2.16 bits per heavy atom. The zero-order valence-electron chi connectivity index (χ0n) is 18.7. The first-order valence-electron chi connectivity index (χ1n) is 11.1. The van der Waals surface area contributed by atoms with Gasteiger partial charge in [0.2, 0.25) is 5.91 Å². The van der Waals surface area contributed by atoms with Crippen LogP contribution in [0.2, 0.25) is 0 Å². The molecule has 172 valence electrons. The number of ketones is 1. The quantitative estimate of drug-likeness (QED) is 0.644. The van der Waals surface area contributed by atoms with E-state index in [-0.39, 0.29) is 23.8 Å². The highest BCUT2D eigenvalue weighted by Gasteiger charge is 2.36. The standard InChI is InChI=1S/C22H34N4O4S/c1-17(22(28)23-20-11-9-19(10-12-20)18(2)27)25-13-15-26(16-14-25)31(29,30)24(3)21-7-5-4-6-8-21/h9-12,17,21H,4-8,13-16H2,1-3H3,(H,23,28). The van der Waals surface area contributed by atoms with E-state index >= 15 is 0 Å². The van der Waals surface area contributed by atoms with Gasteiger partial charge in [0.1, 0.15) is 0 Å². The first kappa shape index (κ1) is 23.8. The molecule has 1 amide bonds. The third kappa shape index (κ3) is 5.71. The topological polar surface area (TPSA) is 90.0 Å². The van der Waals surface area contributed by atoms with Gasteiger partial charge in [0.15, 0.2) is 5.78 Å². The lowest BCUT2D eigenvalue weighted by Gasteiger charge is -2.40. The fourth-order valence-electron chi connectivity index (χ4n) is 4.34. The highest BCUT2D eigenvalue weighted by molar-refractivity contribution is 7.86. The fraction of sp³-hybridized carbons (Fsp3) is 0.636. The second-order valence-electron chi connectivity index (χ2n) is 8.55. The minimum absolute atomic E-state index is 0.0202. The van der Waals surface area contributed by atoms with Crippen LogP contribution in [0.4, 0.5) is 5.69 Å². The van der Waals surface area contributed by atoms with Gasteiger partial charge in [-0.1, -0.05) is 19.3 Å². The number of anilines is 1. The number of rotatable bonds is 7. The highest BCUT2D eigenvalue weighted by Crippen LogP contribution is 2.25. The molecule has 0 spiro atoms. The SMILES string of the molecule is CC(=O)c1ccc(NC(=O)C(C)N2CCN(S(=O)(=O)N(C)C3CCCCC3)CC2)cc1. The maximum Gasteiger partial charge on any atom is 0.282 e. The van der Waals surface area contributed by atoms with Gasteiger partial charge in [0.05, 0.1) is 6.04 Å². The number of Topliss-reactive ketones (excluding diaryl/α,β-unsaturated/α-hetero) is 1. The van der Waals surface area contributed by atoms with Crippen molar-refractivity contribution in [1.82, 2.24) is 13.5 Å². The van der Waals surface area contributed by atoms with Crippen molar-refractivity contribution in [1.29, 1.82) is 0 Å². The van der Waals surface area contributed by atoms with Gasteiger partial charge in [-0.2, -0.15) is 17.0 Å². The summed E-state index contributed by atoms with van der Waals surface area (Å²) in [4.78, 5) is 26.0. The van der Waals surface area contributed by atoms with E-state index in [0.717, 1.165) is 25.7 Å². The molecule has 1 unspecified atom stereocenters.